The summed E-state index contributed by atoms with van der Waals surface area (Å²) in [6, 6.07) is 5.69. The second-order valence-corrected chi connectivity index (χ2v) is 7.44. The van der Waals surface area contributed by atoms with Crippen LogP contribution in [-0.2, 0) is 9.84 Å². The van der Waals surface area contributed by atoms with Crippen molar-refractivity contribution in [3.8, 4) is 5.75 Å². The van der Waals surface area contributed by atoms with Crippen LogP contribution < -0.4 is 10.1 Å². The summed E-state index contributed by atoms with van der Waals surface area (Å²) < 4.78 is 28.9. The van der Waals surface area contributed by atoms with Crippen molar-refractivity contribution in [2.45, 2.75) is 12.5 Å². The molecule has 0 spiro atoms. The average Bonchev–Trinajstić information content (AvgIpc) is 2.91. The molecule has 1 aliphatic rings. The van der Waals surface area contributed by atoms with Crippen molar-refractivity contribution < 1.29 is 18.1 Å². The second kappa shape index (κ2) is 6.40. The smallest absolute Gasteiger partial charge is 0.269 e. The van der Waals surface area contributed by atoms with Gasteiger partial charge < -0.3 is 10.1 Å². The van der Waals surface area contributed by atoms with Crippen LogP contribution in [0.25, 0.3) is 0 Å². The third-order valence-corrected chi connectivity index (χ3v) is 4.36. The molecule has 1 fully saturated rings. The first kappa shape index (κ1) is 15.7. The standard InChI is InChI=1S/C13H18N2O5S/c1-21(18,19)9-13(10-6-7-14-8-10)20-12-4-2-11(3-5-12)15(16)17/h2-5,10,13-14H,6-9H2,1H3/t10-,13-/m0/s1. The van der Waals surface area contributed by atoms with Crippen LogP contribution in [0.5, 0.6) is 5.75 Å². The number of nitrogens with zero attached hydrogens (tertiary/aromatic N) is 1. The number of ether oxygens (including phenoxy) is 1. The van der Waals surface area contributed by atoms with Crippen LogP contribution in [-0.4, -0.2) is 44.5 Å². The zero-order valence-corrected chi connectivity index (χ0v) is 12.5. The Hall–Kier alpha value is -1.67. The first-order chi connectivity index (χ1) is 9.85. The van der Waals surface area contributed by atoms with Gasteiger partial charge in [-0.15, -0.1) is 0 Å². The second-order valence-electron chi connectivity index (χ2n) is 5.25. The molecule has 1 aromatic carbocycles. The van der Waals surface area contributed by atoms with E-state index in [2.05, 4.69) is 5.32 Å². The van der Waals surface area contributed by atoms with Crippen LogP contribution in [0.2, 0.25) is 0 Å². The molecule has 1 saturated heterocycles. The number of nitrogens with one attached hydrogen (secondary N) is 1. The Labute approximate surface area is 123 Å². The van der Waals surface area contributed by atoms with Crippen LogP contribution in [0, 0.1) is 16.0 Å². The molecule has 0 aliphatic carbocycles. The number of non-ortho nitro benzene ring substituents is 1. The quantitative estimate of drug-likeness (QED) is 0.621. The van der Waals surface area contributed by atoms with Crippen LogP contribution >= 0.6 is 0 Å². The summed E-state index contributed by atoms with van der Waals surface area (Å²) in [5, 5.41) is 13.8. The van der Waals surface area contributed by atoms with Crippen LogP contribution in [0.15, 0.2) is 24.3 Å². The summed E-state index contributed by atoms with van der Waals surface area (Å²) in [5.41, 5.74) is -0.0236. The molecule has 0 amide bonds. The van der Waals surface area contributed by atoms with E-state index in [-0.39, 0.29) is 17.4 Å². The normalized spacial score (nSPS) is 20.1. The maximum atomic E-state index is 11.5. The number of nitro benzene ring substituents is 1. The molecule has 1 aliphatic heterocycles. The molecule has 0 radical (unpaired) electrons. The monoisotopic (exact) mass is 314 g/mol. The van der Waals surface area contributed by atoms with E-state index in [9.17, 15) is 18.5 Å². The molecule has 2 atom stereocenters. The number of rotatable bonds is 6. The number of benzene rings is 1. The first-order valence-corrected chi connectivity index (χ1v) is 8.71. The van der Waals surface area contributed by atoms with Crippen molar-refractivity contribution in [1.82, 2.24) is 5.32 Å². The summed E-state index contributed by atoms with van der Waals surface area (Å²) in [7, 11) is -3.16. The molecule has 0 aromatic heterocycles. The van der Waals surface area contributed by atoms with Crippen molar-refractivity contribution >= 4 is 15.5 Å². The highest BCUT2D eigenvalue weighted by Crippen LogP contribution is 2.23. The van der Waals surface area contributed by atoms with Gasteiger partial charge in [-0.05, 0) is 25.1 Å². The summed E-state index contributed by atoms with van der Waals surface area (Å²) in [6.45, 7) is 1.56. The Balaban J connectivity index is 2.11. The Kier molecular flexibility index (Phi) is 4.79. The van der Waals surface area contributed by atoms with E-state index in [0.29, 0.717) is 12.3 Å². The molecule has 1 heterocycles. The third-order valence-electron chi connectivity index (χ3n) is 3.43. The molecule has 0 saturated carbocycles. The van der Waals surface area contributed by atoms with Gasteiger partial charge in [0.15, 0.2) is 9.84 Å². The highest BCUT2D eigenvalue weighted by Gasteiger charge is 2.29. The zero-order valence-electron chi connectivity index (χ0n) is 11.7. The van der Waals surface area contributed by atoms with Crippen molar-refractivity contribution in [2.24, 2.45) is 5.92 Å². The molecule has 0 unspecified atom stereocenters. The fourth-order valence-corrected chi connectivity index (χ4v) is 3.32. The van der Waals surface area contributed by atoms with Crippen LogP contribution in [0.4, 0.5) is 5.69 Å². The zero-order chi connectivity index (χ0) is 15.5. The molecule has 1 aromatic rings. The van der Waals surface area contributed by atoms with Crippen molar-refractivity contribution in [1.29, 1.82) is 0 Å². The van der Waals surface area contributed by atoms with E-state index in [1.165, 1.54) is 30.5 Å². The fraction of sp³-hybridized carbons (Fsp3) is 0.538. The van der Waals surface area contributed by atoms with Gasteiger partial charge >= 0.3 is 0 Å². The summed E-state index contributed by atoms with van der Waals surface area (Å²) in [5.74, 6) is 0.507. The minimum Gasteiger partial charge on any atom is -0.489 e. The van der Waals surface area contributed by atoms with Gasteiger partial charge in [0.25, 0.3) is 5.69 Å². The summed E-state index contributed by atoms with van der Waals surface area (Å²) in [6.07, 6.45) is 1.59. The van der Waals surface area contributed by atoms with Crippen LogP contribution in [0.1, 0.15) is 6.42 Å². The van der Waals surface area contributed by atoms with E-state index in [1.807, 2.05) is 0 Å². The summed E-state index contributed by atoms with van der Waals surface area (Å²) in [4.78, 5) is 10.1. The number of hydrogen-bond donors (Lipinski definition) is 1. The maximum absolute atomic E-state index is 11.5. The molecule has 1 N–H and O–H groups in total. The Bertz CT molecular complexity index is 593. The van der Waals surface area contributed by atoms with Gasteiger partial charge in [0.2, 0.25) is 0 Å². The minimum absolute atomic E-state index is 0.0236. The molecule has 8 heteroatoms. The molecule has 21 heavy (non-hydrogen) atoms. The number of hydrogen-bond acceptors (Lipinski definition) is 6. The molecule has 2 rings (SSSR count). The van der Waals surface area contributed by atoms with Gasteiger partial charge in [0.1, 0.15) is 11.9 Å². The molecule has 0 bridgehead atoms. The average molecular weight is 314 g/mol. The number of sulfone groups is 1. The van der Waals surface area contributed by atoms with Gasteiger partial charge in [-0.2, -0.15) is 0 Å². The van der Waals surface area contributed by atoms with E-state index in [0.717, 1.165) is 13.0 Å². The molecule has 7 nitrogen and oxygen atoms in total. The van der Waals surface area contributed by atoms with Crippen LogP contribution in [0.3, 0.4) is 0 Å². The lowest BCUT2D eigenvalue weighted by molar-refractivity contribution is -0.384. The largest absolute Gasteiger partial charge is 0.489 e. The van der Waals surface area contributed by atoms with Gasteiger partial charge in [0.05, 0.1) is 10.7 Å². The summed E-state index contributed by atoms with van der Waals surface area (Å²) >= 11 is 0. The van der Waals surface area contributed by atoms with Crippen molar-refractivity contribution in [2.75, 3.05) is 25.1 Å². The predicted octanol–water partition coefficient (Wildman–Crippen LogP) is 0.996. The minimum atomic E-state index is -3.16. The number of nitro groups is 1. The lowest BCUT2D eigenvalue weighted by atomic mass is 10.0. The van der Waals surface area contributed by atoms with Gasteiger partial charge in [-0.1, -0.05) is 0 Å². The van der Waals surface area contributed by atoms with Gasteiger partial charge in [-0.3, -0.25) is 10.1 Å². The van der Waals surface area contributed by atoms with E-state index < -0.39 is 20.9 Å². The van der Waals surface area contributed by atoms with Gasteiger partial charge in [-0.25, -0.2) is 8.42 Å². The lowest BCUT2D eigenvalue weighted by Gasteiger charge is -2.23. The highest BCUT2D eigenvalue weighted by atomic mass is 32.2. The van der Waals surface area contributed by atoms with E-state index in [1.54, 1.807) is 0 Å². The predicted molar refractivity (Wildman–Crippen MR) is 78.2 cm³/mol. The Morgan fingerprint density at radius 1 is 1.43 bits per heavy atom. The topological polar surface area (TPSA) is 98.5 Å². The third kappa shape index (κ3) is 4.68. The fourth-order valence-electron chi connectivity index (χ4n) is 2.38. The maximum Gasteiger partial charge on any atom is 0.269 e. The van der Waals surface area contributed by atoms with E-state index >= 15 is 0 Å². The molecular weight excluding hydrogens is 296 g/mol. The van der Waals surface area contributed by atoms with E-state index in [4.69, 9.17) is 4.74 Å². The Morgan fingerprint density at radius 3 is 2.57 bits per heavy atom. The first-order valence-electron chi connectivity index (χ1n) is 6.65. The molecular formula is C13H18N2O5S. The highest BCUT2D eigenvalue weighted by molar-refractivity contribution is 7.90. The molecule has 116 valence electrons. The SMILES string of the molecule is CS(=O)(=O)C[C@H](Oc1ccc([N+](=O)[O-])cc1)[C@H]1CCNC1. The van der Waals surface area contributed by atoms with Crippen molar-refractivity contribution in [3.63, 3.8) is 0 Å². The van der Waals surface area contributed by atoms with Gasteiger partial charge in [0, 0.05) is 30.9 Å². The lowest BCUT2D eigenvalue weighted by Crippen LogP contribution is -2.35. The van der Waals surface area contributed by atoms with Crippen molar-refractivity contribution in [3.05, 3.63) is 34.4 Å². The Morgan fingerprint density at radius 2 is 2.10 bits per heavy atom.